The third-order valence-corrected chi connectivity index (χ3v) is 3.94. The topological polar surface area (TPSA) is 46.6 Å². The molecule has 0 saturated heterocycles. The zero-order valence-corrected chi connectivity index (χ0v) is 12.5. The fourth-order valence-corrected chi connectivity index (χ4v) is 2.70. The van der Waals surface area contributed by atoms with Gasteiger partial charge >= 0.3 is 6.92 Å². The summed E-state index contributed by atoms with van der Waals surface area (Å²) in [7, 11) is 1.82. The number of carbonyl (C=O) groups is 2. The third-order valence-electron chi connectivity index (χ3n) is 3.94. The largest absolute Gasteiger partial charge is 0.558 e. The van der Waals surface area contributed by atoms with Crippen LogP contribution < -0.4 is 4.65 Å². The second-order valence-corrected chi connectivity index (χ2v) is 5.30. The van der Waals surface area contributed by atoms with Crippen LogP contribution in [0.15, 0.2) is 18.2 Å². The predicted octanol–water partition coefficient (Wildman–Crippen LogP) is 2.22. The SMILES string of the molecule is CCC(=O)N(C)C1Cc2cccc(C(C)=O)c2OB1C. The standard InChI is InChI=1S/C15H20BNO3/c1-5-14(19)17(4)13-9-11-7-6-8-12(10(2)18)15(11)20-16(13)3/h6-8,13H,5,9H2,1-4H3. The molecule has 0 N–H and O–H groups in total. The van der Waals surface area contributed by atoms with Gasteiger partial charge in [0.25, 0.3) is 0 Å². The molecule has 0 aliphatic carbocycles. The Hall–Kier alpha value is -1.78. The van der Waals surface area contributed by atoms with E-state index in [0.717, 1.165) is 12.0 Å². The molecule has 20 heavy (non-hydrogen) atoms. The van der Waals surface area contributed by atoms with Crippen LogP contribution in [0.4, 0.5) is 0 Å². The van der Waals surface area contributed by atoms with E-state index >= 15 is 0 Å². The number of carbonyl (C=O) groups excluding carboxylic acids is 2. The van der Waals surface area contributed by atoms with Crippen LogP contribution in [-0.4, -0.2) is 36.5 Å². The number of hydrogen-bond acceptors (Lipinski definition) is 3. The molecule has 1 unspecified atom stereocenters. The van der Waals surface area contributed by atoms with Crippen LogP contribution >= 0.6 is 0 Å². The van der Waals surface area contributed by atoms with Crippen molar-refractivity contribution in [2.24, 2.45) is 0 Å². The van der Waals surface area contributed by atoms with Gasteiger partial charge in [-0.05, 0) is 31.8 Å². The second-order valence-electron chi connectivity index (χ2n) is 5.30. The lowest BCUT2D eigenvalue weighted by atomic mass is 9.58. The van der Waals surface area contributed by atoms with Crippen LogP contribution in [0, 0.1) is 0 Å². The lowest BCUT2D eigenvalue weighted by molar-refractivity contribution is -0.130. The van der Waals surface area contributed by atoms with E-state index in [1.165, 1.54) is 0 Å². The molecule has 1 heterocycles. The number of hydrogen-bond donors (Lipinski definition) is 0. The van der Waals surface area contributed by atoms with Crippen molar-refractivity contribution in [2.75, 3.05) is 7.05 Å². The Kier molecular flexibility index (Phi) is 4.16. The summed E-state index contributed by atoms with van der Waals surface area (Å²) in [6.07, 6.45) is 1.21. The lowest BCUT2D eigenvalue weighted by Gasteiger charge is -2.36. The molecule has 1 amide bonds. The summed E-state index contributed by atoms with van der Waals surface area (Å²) >= 11 is 0. The molecule has 1 aliphatic heterocycles. The van der Waals surface area contributed by atoms with Gasteiger partial charge in [-0.25, -0.2) is 0 Å². The molecule has 1 aliphatic rings. The summed E-state index contributed by atoms with van der Waals surface area (Å²) in [4.78, 5) is 25.3. The number of rotatable bonds is 3. The predicted molar refractivity (Wildman–Crippen MR) is 79.2 cm³/mol. The highest BCUT2D eigenvalue weighted by molar-refractivity contribution is 6.53. The average molecular weight is 273 g/mol. The maximum atomic E-state index is 11.9. The average Bonchev–Trinajstić information content (AvgIpc) is 2.44. The highest BCUT2D eigenvalue weighted by Crippen LogP contribution is 2.32. The quantitative estimate of drug-likeness (QED) is 0.626. The Morgan fingerprint density at radius 2 is 2.15 bits per heavy atom. The van der Waals surface area contributed by atoms with Gasteiger partial charge in [0.2, 0.25) is 5.91 Å². The highest BCUT2D eigenvalue weighted by atomic mass is 16.4. The van der Waals surface area contributed by atoms with E-state index in [1.807, 2.05) is 32.9 Å². The molecular formula is C15H20BNO3. The Balaban J connectivity index is 2.33. The molecule has 0 saturated carbocycles. The molecule has 0 aromatic heterocycles. The molecule has 5 heteroatoms. The summed E-state index contributed by atoms with van der Waals surface area (Å²) in [5.74, 6) is 0.806. The summed E-state index contributed by atoms with van der Waals surface area (Å²) in [5.41, 5.74) is 1.62. The van der Waals surface area contributed by atoms with Gasteiger partial charge in [0, 0.05) is 13.5 Å². The van der Waals surface area contributed by atoms with E-state index in [9.17, 15) is 9.59 Å². The Labute approximate surface area is 120 Å². The van der Waals surface area contributed by atoms with Crippen molar-refractivity contribution >= 4 is 18.6 Å². The summed E-state index contributed by atoms with van der Waals surface area (Å²) in [6.45, 7) is 5.23. The van der Waals surface area contributed by atoms with E-state index < -0.39 is 0 Å². The number of likely N-dealkylation sites (N-methyl/N-ethyl adjacent to an activating group) is 1. The van der Waals surface area contributed by atoms with Crippen LogP contribution in [0.25, 0.3) is 0 Å². The van der Waals surface area contributed by atoms with Crippen molar-refractivity contribution in [1.82, 2.24) is 4.90 Å². The molecule has 2 rings (SSSR count). The molecule has 4 nitrogen and oxygen atoms in total. The number of Topliss-reactive ketones (excluding diaryl/α,β-unsaturated/α-hetero) is 1. The number of para-hydroxylation sites is 1. The molecule has 0 radical (unpaired) electrons. The van der Waals surface area contributed by atoms with Crippen LogP contribution in [0.1, 0.15) is 36.2 Å². The van der Waals surface area contributed by atoms with Crippen LogP contribution in [0.2, 0.25) is 6.82 Å². The van der Waals surface area contributed by atoms with E-state index in [0.29, 0.717) is 17.7 Å². The van der Waals surface area contributed by atoms with Crippen molar-refractivity contribution in [3.8, 4) is 5.75 Å². The minimum absolute atomic E-state index is 0.00508. The first kappa shape index (κ1) is 14.6. The highest BCUT2D eigenvalue weighted by Gasteiger charge is 2.36. The molecule has 0 fully saturated rings. The summed E-state index contributed by atoms with van der Waals surface area (Å²) < 4.78 is 5.94. The fourth-order valence-electron chi connectivity index (χ4n) is 2.70. The van der Waals surface area contributed by atoms with Gasteiger partial charge < -0.3 is 9.55 Å². The van der Waals surface area contributed by atoms with E-state index in [2.05, 4.69) is 0 Å². The molecule has 0 bridgehead atoms. The van der Waals surface area contributed by atoms with Gasteiger partial charge in [0.05, 0.1) is 11.5 Å². The minimum Gasteiger partial charge on any atom is -0.558 e. The molecule has 1 aromatic carbocycles. The molecule has 1 atom stereocenters. The number of benzene rings is 1. The summed E-state index contributed by atoms with van der Waals surface area (Å²) in [5, 5.41) is 0. The van der Waals surface area contributed by atoms with Gasteiger partial charge in [0.1, 0.15) is 5.75 Å². The van der Waals surface area contributed by atoms with E-state index in [-0.39, 0.29) is 24.5 Å². The minimum atomic E-state index is -0.122. The van der Waals surface area contributed by atoms with Crippen molar-refractivity contribution in [1.29, 1.82) is 0 Å². The monoisotopic (exact) mass is 273 g/mol. The van der Waals surface area contributed by atoms with Crippen molar-refractivity contribution < 1.29 is 14.2 Å². The van der Waals surface area contributed by atoms with Crippen LogP contribution in [0.5, 0.6) is 5.75 Å². The number of nitrogens with zero attached hydrogens (tertiary/aromatic N) is 1. The van der Waals surface area contributed by atoms with Crippen LogP contribution in [0.3, 0.4) is 0 Å². The smallest absolute Gasteiger partial charge is 0.377 e. The van der Waals surface area contributed by atoms with Gasteiger partial charge in [-0.3, -0.25) is 9.59 Å². The molecule has 0 spiro atoms. The second kappa shape index (κ2) is 5.69. The lowest BCUT2D eigenvalue weighted by Crippen LogP contribution is -2.52. The maximum absolute atomic E-state index is 11.9. The fraction of sp³-hybridized carbons (Fsp3) is 0.467. The molecule has 1 aromatic rings. The maximum Gasteiger partial charge on any atom is 0.377 e. The van der Waals surface area contributed by atoms with Gasteiger partial charge in [-0.1, -0.05) is 19.1 Å². The number of ketones is 1. The third kappa shape index (κ3) is 2.57. The Bertz CT molecular complexity index is 544. The first-order valence-corrected chi connectivity index (χ1v) is 7.00. The zero-order chi connectivity index (χ0) is 14.9. The van der Waals surface area contributed by atoms with Crippen molar-refractivity contribution in [3.63, 3.8) is 0 Å². The van der Waals surface area contributed by atoms with Gasteiger partial charge in [-0.2, -0.15) is 0 Å². The normalized spacial score (nSPS) is 17.2. The number of amides is 1. The zero-order valence-electron chi connectivity index (χ0n) is 12.5. The Morgan fingerprint density at radius 3 is 2.75 bits per heavy atom. The first-order valence-electron chi connectivity index (χ1n) is 7.00. The number of fused-ring (bicyclic) bond motifs is 1. The van der Waals surface area contributed by atoms with Gasteiger partial charge in [0.15, 0.2) is 5.78 Å². The van der Waals surface area contributed by atoms with E-state index in [1.54, 1.807) is 17.9 Å². The van der Waals surface area contributed by atoms with Gasteiger partial charge in [-0.15, -0.1) is 0 Å². The van der Waals surface area contributed by atoms with E-state index in [4.69, 9.17) is 4.65 Å². The first-order chi connectivity index (χ1) is 9.45. The summed E-state index contributed by atoms with van der Waals surface area (Å²) in [6, 6.07) is 5.62. The van der Waals surface area contributed by atoms with Crippen LogP contribution in [-0.2, 0) is 11.2 Å². The molecule has 106 valence electrons. The van der Waals surface area contributed by atoms with Crippen molar-refractivity contribution in [3.05, 3.63) is 29.3 Å². The van der Waals surface area contributed by atoms with Crippen molar-refractivity contribution in [2.45, 2.75) is 39.5 Å². The molecular weight excluding hydrogens is 253 g/mol. The Morgan fingerprint density at radius 1 is 1.45 bits per heavy atom.